The van der Waals surface area contributed by atoms with E-state index in [4.69, 9.17) is 4.74 Å². The highest BCUT2D eigenvalue weighted by Gasteiger charge is 2.62. The van der Waals surface area contributed by atoms with E-state index >= 15 is 0 Å². The molecule has 4 fully saturated rings. The lowest BCUT2D eigenvalue weighted by Crippen LogP contribution is -2.58. The number of carbonyl (C=O) groups is 2. The summed E-state index contributed by atoms with van der Waals surface area (Å²) in [4.78, 5) is 25.4. The van der Waals surface area contributed by atoms with Gasteiger partial charge in [-0.2, -0.15) is 0 Å². The molecule has 7 rings (SSSR count). The number of hydrogen-bond donors (Lipinski definition) is 2. The van der Waals surface area contributed by atoms with E-state index in [0.29, 0.717) is 35.8 Å². The van der Waals surface area contributed by atoms with Gasteiger partial charge in [0.15, 0.2) is 0 Å². The third-order valence-corrected chi connectivity index (χ3v) is 14.0. The largest absolute Gasteiger partial charge is 0.497 e. The van der Waals surface area contributed by atoms with E-state index in [2.05, 4.69) is 89.4 Å². The highest BCUT2D eigenvalue weighted by atomic mass is 16.5. The second-order valence-electron chi connectivity index (χ2n) is 16.4. The van der Waals surface area contributed by atoms with Gasteiger partial charge < -0.3 is 15.2 Å². The van der Waals surface area contributed by atoms with Crippen molar-refractivity contribution >= 4 is 17.4 Å². The predicted molar refractivity (Wildman–Crippen MR) is 235 cm³/mol. The summed E-state index contributed by atoms with van der Waals surface area (Å²) in [5.41, 5.74) is 4.18. The van der Waals surface area contributed by atoms with E-state index in [0.717, 1.165) is 48.3 Å². The number of rotatable bonds is 6. The summed E-state index contributed by atoms with van der Waals surface area (Å²) in [7, 11) is 1.68. The molecule has 2 N–H and O–H groups in total. The molecule has 0 bridgehead atoms. The normalized spacial score (nSPS) is 29.7. The lowest BCUT2D eigenvalue weighted by molar-refractivity contribution is -0.151. The number of ether oxygens (including phenoxy) is 1. The van der Waals surface area contributed by atoms with Crippen molar-refractivity contribution in [3.63, 3.8) is 0 Å². The summed E-state index contributed by atoms with van der Waals surface area (Å²) in [5, 5.41) is 12.8. The molecule has 0 saturated heterocycles. The number of carboxylic acids is 1. The fraction of sp³-hybridized carbons (Fsp3) is 0.529. The van der Waals surface area contributed by atoms with Gasteiger partial charge in [0.25, 0.3) is 0 Å². The van der Waals surface area contributed by atoms with Crippen molar-refractivity contribution in [3.05, 3.63) is 84.0 Å². The second-order valence-corrected chi connectivity index (χ2v) is 16.4. The Balaban J connectivity index is 0.000000902. The third-order valence-electron chi connectivity index (χ3n) is 14.0. The van der Waals surface area contributed by atoms with Crippen LogP contribution in [0.4, 0.5) is 0 Å². The van der Waals surface area contributed by atoms with E-state index < -0.39 is 5.97 Å². The maximum atomic E-state index is 14.0. The molecule has 0 aliphatic heterocycles. The van der Waals surface area contributed by atoms with Gasteiger partial charge in [0, 0.05) is 6.54 Å². The van der Waals surface area contributed by atoms with Crippen molar-refractivity contribution in [2.75, 3.05) is 7.11 Å². The molecule has 2 aromatic carbocycles. The van der Waals surface area contributed by atoms with Gasteiger partial charge in [-0.25, -0.2) is 4.79 Å². The number of carbonyl (C=O) groups excluding carboxylic acids is 1. The first-order valence-corrected chi connectivity index (χ1v) is 20.5. The number of hydrogen-bond acceptors (Lipinski definition) is 3. The molecular weight excluding hydrogens is 691 g/mol. The molecule has 0 aromatic heterocycles. The molecule has 302 valence electrons. The topological polar surface area (TPSA) is 75.6 Å². The minimum absolute atomic E-state index is 0.0364. The van der Waals surface area contributed by atoms with E-state index in [1.54, 1.807) is 25.3 Å². The number of terminal acetylenes is 3. The lowest BCUT2D eigenvalue weighted by atomic mass is 9.40. The van der Waals surface area contributed by atoms with Crippen molar-refractivity contribution in [2.45, 2.75) is 112 Å². The fourth-order valence-corrected chi connectivity index (χ4v) is 12.0. The van der Waals surface area contributed by atoms with Crippen molar-refractivity contribution in [1.82, 2.24) is 5.32 Å². The molecule has 5 aliphatic carbocycles. The monoisotopic (exact) mass is 760 g/mol. The summed E-state index contributed by atoms with van der Waals surface area (Å²) < 4.78 is 5.31. The van der Waals surface area contributed by atoms with Crippen molar-refractivity contribution in [2.24, 2.45) is 51.8 Å². The van der Waals surface area contributed by atoms with Gasteiger partial charge in [-0.15, -0.1) is 45.1 Å². The van der Waals surface area contributed by atoms with Crippen LogP contribution in [0.2, 0.25) is 0 Å². The summed E-state index contributed by atoms with van der Waals surface area (Å²) >= 11 is 0. The zero-order chi connectivity index (χ0) is 42.3. The van der Waals surface area contributed by atoms with Crippen LogP contribution in [0, 0.1) is 90.3 Å². The number of aromatic carboxylic acids is 1. The Morgan fingerprint density at radius 3 is 1.96 bits per heavy atom. The SMILES string of the molecule is C#C.C#C.C#C.C=CC.CC.COc1ccc(CNC(=O)[C@]23CCCC2C2CCC4C(CCC5C(C)(C)C(c6ccc(C(=O)O)cc6)=CC[C@]45C)C2CC3)cc1. The maximum absolute atomic E-state index is 14.0. The van der Waals surface area contributed by atoms with Gasteiger partial charge in [0.2, 0.25) is 5.91 Å². The second kappa shape index (κ2) is 21.6. The van der Waals surface area contributed by atoms with Crippen LogP contribution in [-0.2, 0) is 11.3 Å². The quantitative estimate of drug-likeness (QED) is 0.227. The number of benzene rings is 2. The smallest absolute Gasteiger partial charge is 0.335 e. The van der Waals surface area contributed by atoms with Crippen LogP contribution in [0.15, 0.2) is 67.3 Å². The molecule has 8 atom stereocenters. The lowest BCUT2D eigenvalue weighted by Gasteiger charge is -2.64. The van der Waals surface area contributed by atoms with Crippen molar-refractivity contribution in [3.8, 4) is 44.3 Å². The van der Waals surface area contributed by atoms with E-state index in [-0.39, 0.29) is 16.2 Å². The third kappa shape index (κ3) is 9.30. The first-order valence-electron chi connectivity index (χ1n) is 20.5. The van der Waals surface area contributed by atoms with Crippen LogP contribution in [0.1, 0.15) is 127 Å². The van der Waals surface area contributed by atoms with Gasteiger partial charge in [-0.05, 0) is 152 Å². The zero-order valence-corrected chi connectivity index (χ0v) is 35.4. The Bertz CT molecular complexity index is 1650. The molecule has 5 nitrogen and oxygen atoms in total. The van der Waals surface area contributed by atoms with Crippen LogP contribution in [0.25, 0.3) is 5.57 Å². The molecule has 0 radical (unpaired) electrons. The summed E-state index contributed by atoms with van der Waals surface area (Å²) in [6, 6.07) is 15.6. The molecule has 0 heterocycles. The molecular formula is C51H69NO4. The molecule has 6 unspecified atom stereocenters. The molecule has 0 spiro atoms. The van der Waals surface area contributed by atoms with E-state index in [9.17, 15) is 14.7 Å². The summed E-state index contributed by atoms with van der Waals surface area (Å²) in [5.74, 6) is 4.37. The van der Waals surface area contributed by atoms with Crippen molar-refractivity contribution < 1.29 is 19.4 Å². The highest BCUT2D eigenvalue weighted by Crippen LogP contribution is 2.69. The Morgan fingerprint density at radius 2 is 1.39 bits per heavy atom. The van der Waals surface area contributed by atoms with Gasteiger partial charge in [-0.1, -0.05) is 77.5 Å². The average Bonchev–Trinajstić information content (AvgIpc) is 3.69. The summed E-state index contributed by atoms with van der Waals surface area (Å²) in [6.45, 7) is 17.3. The molecule has 5 heteroatoms. The molecule has 56 heavy (non-hydrogen) atoms. The molecule has 4 saturated carbocycles. The van der Waals surface area contributed by atoms with Gasteiger partial charge in [-0.3, -0.25) is 4.79 Å². The standard InChI is InChI=1S/C40H51NO4.C3H6.C2H6.3C2H2/c1-38(2)32(26-9-11-27(12-10-26)36(42)43)20-22-39(3)33-17-15-31-29(30(33)16-18-35(38)39)19-23-40(21-5-6-34(31)40)37(44)41-24-25-7-13-28(45-4)14-8-25;1-3-2;4*1-2/h7-14,20,29-31,33-35H,5-6,15-19,21-24H2,1-4H3,(H,41,44)(H,42,43);3H,1H2,2H3;1-2H3;3*1-2H/t29?,30?,31?,33?,34?,35?,39-,40+;;;;;/m1...../s1. The van der Waals surface area contributed by atoms with Crippen molar-refractivity contribution in [1.29, 1.82) is 0 Å². The fourth-order valence-electron chi connectivity index (χ4n) is 12.0. The van der Waals surface area contributed by atoms with Crippen LogP contribution < -0.4 is 10.1 Å². The van der Waals surface area contributed by atoms with E-state index in [1.165, 1.54) is 56.1 Å². The maximum Gasteiger partial charge on any atom is 0.335 e. The van der Waals surface area contributed by atoms with Crippen LogP contribution in [-0.4, -0.2) is 24.1 Å². The van der Waals surface area contributed by atoms with Gasteiger partial charge in [0.1, 0.15) is 5.75 Å². The Labute approximate surface area is 340 Å². The van der Waals surface area contributed by atoms with Crippen LogP contribution >= 0.6 is 0 Å². The number of fused-ring (bicyclic) bond motifs is 7. The molecule has 1 amide bonds. The number of carboxylic acid groups (broad SMARTS) is 1. The van der Waals surface area contributed by atoms with E-state index in [1.807, 2.05) is 45.0 Å². The Hall–Kier alpha value is -4.66. The number of nitrogens with one attached hydrogen (secondary N) is 1. The molecule has 5 aliphatic rings. The average molecular weight is 760 g/mol. The number of methoxy groups -OCH3 is 1. The van der Waals surface area contributed by atoms with Crippen LogP contribution in [0.3, 0.4) is 0 Å². The highest BCUT2D eigenvalue weighted by molar-refractivity contribution is 5.88. The number of allylic oxidation sites excluding steroid dienone is 3. The van der Waals surface area contributed by atoms with Gasteiger partial charge in [0.05, 0.1) is 18.1 Å². The zero-order valence-electron chi connectivity index (χ0n) is 35.4. The minimum Gasteiger partial charge on any atom is -0.497 e. The Morgan fingerprint density at radius 1 is 0.821 bits per heavy atom. The minimum atomic E-state index is -0.869. The first-order chi connectivity index (χ1) is 27.0. The Kier molecular flexibility index (Phi) is 18.3. The first kappa shape index (κ1) is 47.5. The van der Waals surface area contributed by atoms with Crippen LogP contribution in [0.5, 0.6) is 5.75 Å². The van der Waals surface area contributed by atoms with Gasteiger partial charge >= 0.3 is 5.97 Å². The predicted octanol–water partition coefficient (Wildman–Crippen LogP) is 11.7. The number of amides is 1. The summed E-state index contributed by atoms with van der Waals surface area (Å²) in [6.07, 6.45) is 40.2. The molecule has 2 aromatic rings.